The molecule has 2 N–H and O–H groups in total. The van der Waals surface area contributed by atoms with Crippen molar-refractivity contribution in [2.24, 2.45) is 0 Å². The minimum atomic E-state index is -0.586. The summed E-state index contributed by atoms with van der Waals surface area (Å²) in [5.74, 6) is -0.193. The molecule has 0 aliphatic carbocycles. The van der Waals surface area contributed by atoms with Crippen LogP contribution < -0.4 is 10.6 Å². The molecule has 6 nitrogen and oxygen atoms in total. The zero-order chi connectivity index (χ0) is 20.4. The Morgan fingerprint density at radius 3 is 2.48 bits per heavy atom. The Hall–Kier alpha value is -2.34. The highest BCUT2D eigenvalue weighted by Gasteiger charge is 2.22. The smallest absolute Gasteiger partial charge is 0.408 e. The molecule has 27 heavy (non-hydrogen) atoms. The highest BCUT2D eigenvalue weighted by atomic mass is 16.6. The van der Waals surface area contributed by atoms with Gasteiger partial charge in [0, 0.05) is 19.2 Å². The second-order valence-electron chi connectivity index (χ2n) is 7.66. The van der Waals surface area contributed by atoms with Gasteiger partial charge in [0.05, 0.1) is 6.04 Å². The van der Waals surface area contributed by atoms with Crippen LogP contribution in [0.2, 0.25) is 0 Å². The van der Waals surface area contributed by atoms with Crippen molar-refractivity contribution in [1.29, 1.82) is 0 Å². The van der Waals surface area contributed by atoms with E-state index in [-0.39, 0.29) is 18.5 Å². The molecule has 1 aromatic carbocycles. The van der Waals surface area contributed by atoms with Crippen molar-refractivity contribution >= 4 is 12.0 Å². The average molecular weight is 376 g/mol. The lowest BCUT2D eigenvalue weighted by Gasteiger charge is -2.25. The van der Waals surface area contributed by atoms with Crippen LogP contribution in [-0.4, -0.2) is 49.7 Å². The van der Waals surface area contributed by atoms with Crippen LogP contribution in [0, 0.1) is 0 Å². The number of hydrogen-bond acceptors (Lipinski definition) is 4. The molecule has 0 spiro atoms. The highest BCUT2D eigenvalue weighted by molar-refractivity contribution is 5.87. The lowest BCUT2D eigenvalue weighted by Crippen LogP contribution is -2.40. The van der Waals surface area contributed by atoms with E-state index < -0.39 is 11.7 Å². The monoisotopic (exact) mass is 375 g/mol. The number of rotatable bonds is 8. The highest BCUT2D eigenvalue weighted by Crippen LogP contribution is 2.19. The summed E-state index contributed by atoms with van der Waals surface area (Å²) in [6, 6.07) is 7.52. The van der Waals surface area contributed by atoms with Crippen LogP contribution in [-0.2, 0) is 16.0 Å². The number of carbonyl (C=O) groups is 2. The summed E-state index contributed by atoms with van der Waals surface area (Å²) >= 11 is 0. The summed E-state index contributed by atoms with van der Waals surface area (Å²) in [4.78, 5) is 26.3. The van der Waals surface area contributed by atoms with Crippen molar-refractivity contribution in [3.8, 4) is 0 Å². The van der Waals surface area contributed by atoms with E-state index in [1.54, 1.807) is 6.08 Å². The van der Waals surface area contributed by atoms with Crippen molar-refractivity contribution in [1.82, 2.24) is 15.5 Å². The SMILES string of the molecule is CCc1ccccc1C(CNC(=O)/C=C/CN(C)C)NC(=O)OC(C)(C)C. The van der Waals surface area contributed by atoms with Gasteiger partial charge >= 0.3 is 6.09 Å². The van der Waals surface area contributed by atoms with Gasteiger partial charge in [-0.1, -0.05) is 37.3 Å². The molecule has 1 atom stereocenters. The molecule has 0 aliphatic rings. The van der Waals surface area contributed by atoms with Crippen LogP contribution in [0.15, 0.2) is 36.4 Å². The lowest BCUT2D eigenvalue weighted by molar-refractivity contribution is -0.116. The van der Waals surface area contributed by atoms with Gasteiger partial charge in [-0.05, 0) is 52.4 Å². The van der Waals surface area contributed by atoms with Gasteiger partial charge in [-0.2, -0.15) is 0 Å². The van der Waals surface area contributed by atoms with Gasteiger partial charge in [0.15, 0.2) is 0 Å². The Balaban J connectivity index is 2.86. The van der Waals surface area contributed by atoms with Crippen molar-refractivity contribution in [2.75, 3.05) is 27.2 Å². The molecule has 0 heterocycles. The summed E-state index contributed by atoms with van der Waals surface area (Å²) in [6.07, 6.45) is 3.64. The standard InChI is InChI=1S/C21H33N3O3/c1-7-16-11-8-9-12-17(16)18(23-20(26)27-21(2,3)4)15-22-19(25)13-10-14-24(5)6/h8-13,18H,7,14-15H2,1-6H3,(H,22,25)(H,23,26)/b13-10+. The summed E-state index contributed by atoms with van der Waals surface area (Å²) in [7, 11) is 3.87. The number of aryl methyl sites for hydroxylation is 1. The second kappa shape index (κ2) is 10.7. The summed E-state index contributed by atoms with van der Waals surface area (Å²) in [5.41, 5.74) is 1.51. The number of nitrogens with one attached hydrogen (secondary N) is 2. The second-order valence-corrected chi connectivity index (χ2v) is 7.66. The van der Waals surface area contributed by atoms with E-state index in [2.05, 4.69) is 17.6 Å². The molecule has 0 fully saturated rings. The Kier molecular flexibility index (Phi) is 9.02. The first-order chi connectivity index (χ1) is 12.6. The van der Waals surface area contributed by atoms with E-state index >= 15 is 0 Å². The molecule has 0 saturated heterocycles. The molecule has 0 aromatic heterocycles. The Labute approximate surface area is 163 Å². The molecule has 6 heteroatoms. The maximum atomic E-state index is 12.3. The third kappa shape index (κ3) is 9.24. The number of likely N-dealkylation sites (N-methyl/N-ethyl adjacent to an activating group) is 1. The van der Waals surface area contributed by atoms with Crippen molar-refractivity contribution in [3.05, 3.63) is 47.5 Å². The van der Waals surface area contributed by atoms with E-state index in [0.717, 1.165) is 17.5 Å². The number of hydrogen-bond donors (Lipinski definition) is 2. The van der Waals surface area contributed by atoms with Gasteiger partial charge < -0.3 is 20.3 Å². The van der Waals surface area contributed by atoms with E-state index in [1.165, 1.54) is 6.08 Å². The maximum absolute atomic E-state index is 12.3. The first-order valence-electron chi connectivity index (χ1n) is 9.28. The van der Waals surface area contributed by atoms with Gasteiger partial charge in [0.2, 0.25) is 5.91 Å². The number of nitrogens with zero attached hydrogens (tertiary/aromatic N) is 1. The fraction of sp³-hybridized carbons (Fsp3) is 0.524. The quantitative estimate of drug-likeness (QED) is 0.685. The van der Waals surface area contributed by atoms with Crippen LogP contribution in [0.5, 0.6) is 0 Å². The van der Waals surface area contributed by atoms with Crippen molar-refractivity contribution in [2.45, 2.75) is 45.8 Å². The Morgan fingerprint density at radius 1 is 1.22 bits per heavy atom. The summed E-state index contributed by atoms with van der Waals surface area (Å²) < 4.78 is 5.38. The molecular formula is C21H33N3O3. The van der Waals surface area contributed by atoms with Gasteiger partial charge in [0.1, 0.15) is 5.60 Å². The average Bonchev–Trinajstić information content (AvgIpc) is 2.56. The number of alkyl carbamates (subject to hydrolysis) is 1. The minimum Gasteiger partial charge on any atom is -0.444 e. The summed E-state index contributed by atoms with van der Waals surface area (Å²) in [6.45, 7) is 8.48. The Bertz CT molecular complexity index is 648. The van der Waals surface area contributed by atoms with Crippen LogP contribution in [0.3, 0.4) is 0 Å². The van der Waals surface area contributed by atoms with E-state index in [4.69, 9.17) is 4.74 Å². The zero-order valence-electron chi connectivity index (χ0n) is 17.3. The molecule has 1 aromatic rings. The molecule has 0 bridgehead atoms. The van der Waals surface area contributed by atoms with Crippen LogP contribution in [0.4, 0.5) is 4.79 Å². The molecular weight excluding hydrogens is 342 g/mol. The predicted octanol–water partition coefficient (Wildman–Crippen LogP) is 3.05. The van der Waals surface area contributed by atoms with Gasteiger partial charge in [-0.3, -0.25) is 4.79 Å². The molecule has 0 aliphatic heterocycles. The van der Waals surface area contributed by atoms with Crippen LogP contribution in [0.1, 0.15) is 44.9 Å². The number of carbonyl (C=O) groups excluding carboxylic acids is 2. The van der Waals surface area contributed by atoms with Crippen molar-refractivity contribution < 1.29 is 14.3 Å². The van der Waals surface area contributed by atoms with Gasteiger partial charge in [-0.25, -0.2) is 4.79 Å². The third-order valence-corrected chi connectivity index (χ3v) is 3.72. The van der Waals surface area contributed by atoms with E-state index in [0.29, 0.717) is 6.54 Å². The molecule has 0 radical (unpaired) electrons. The molecule has 1 rings (SSSR count). The fourth-order valence-corrected chi connectivity index (χ4v) is 2.52. The topological polar surface area (TPSA) is 70.7 Å². The molecule has 150 valence electrons. The predicted molar refractivity (Wildman–Crippen MR) is 109 cm³/mol. The third-order valence-electron chi connectivity index (χ3n) is 3.72. The zero-order valence-corrected chi connectivity index (χ0v) is 17.3. The van der Waals surface area contributed by atoms with E-state index in [9.17, 15) is 9.59 Å². The van der Waals surface area contributed by atoms with Crippen LogP contribution >= 0.6 is 0 Å². The largest absolute Gasteiger partial charge is 0.444 e. The van der Waals surface area contributed by atoms with Gasteiger partial charge in [0.25, 0.3) is 0 Å². The number of benzene rings is 1. The number of ether oxygens (including phenoxy) is 1. The first kappa shape index (κ1) is 22.7. The van der Waals surface area contributed by atoms with E-state index in [1.807, 2.05) is 64.0 Å². The first-order valence-corrected chi connectivity index (χ1v) is 9.28. The normalized spacial score (nSPS) is 12.9. The molecule has 2 amide bonds. The molecule has 1 unspecified atom stereocenters. The number of amides is 2. The van der Waals surface area contributed by atoms with Crippen LogP contribution in [0.25, 0.3) is 0 Å². The Morgan fingerprint density at radius 2 is 1.89 bits per heavy atom. The van der Waals surface area contributed by atoms with Gasteiger partial charge in [-0.15, -0.1) is 0 Å². The summed E-state index contributed by atoms with van der Waals surface area (Å²) in [5, 5.41) is 5.75. The fourth-order valence-electron chi connectivity index (χ4n) is 2.52. The van der Waals surface area contributed by atoms with Crippen molar-refractivity contribution in [3.63, 3.8) is 0 Å². The minimum absolute atomic E-state index is 0.193. The molecule has 0 saturated carbocycles. The maximum Gasteiger partial charge on any atom is 0.408 e. The lowest BCUT2D eigenvalue weighted by atomic mass is 9.98.